The van der Waals surface area contributed by atoms with E-state index in [0.717, 1.165) is 16.8 Å². The van der Waals surface area contributed by atoms with Gasteiger partial charge in [-0.25, -0.2) is 4.68 Å². The number of nitrogens with one attached hydrogen (secondary N) is 1. The molecule has 11 heteroatoms. The highest BCUT2D eigenvalue weighted by Crippen LogP contribution is 2.28. The molecule has 1 aliphatic heterocycles. The largest absolute Gasteiger partial charge is 0.415 e. The van der Waals surface area contributed by atoms with Crippen LogP contribution in [-0.2, 0) is 17.8 Å². The minimum absolute atomic E-state index is 0.0167. The fourth-order valence-corrected chi connectivity index (χ4v) is 3.15. The van der Waals surface area contributed by atoms with Crippen LogP contribution < -0.4 is 5.32 Å². The molecule has 4 aromatic rings. The van der Waals surface area contributed by atoms with E-state index in [0.29, 0.717) is 29.9 Å². The molecule has 1 aliphatic rings. The van der Waals surface area contributed by atoms with Crippen LogP contribution in [0.3, 0.4) is 0 Å². The second kappa shape index (κ2) is 7.10. The molecule has 3 aromatic heterocycles. The van der Waals surface area contributed by atoms with Crippen molar-refractivity contribution >= 4 is 11.6 Å². The molecule has 0 bridgehead atoms. The first-order valence-corrected chi connectivity index (χ1v) is 8.95. The number of alkyl halides is 2. The Bertz CT molecular complexity index is 1230. The number of aromatic nitrogens is 6. The number of fused-ring (bicyclic) bond motifs is 1. The molecule has 150 valence electrons. The first-order chi connectivity index (χ1) is 14.5. The zero-order valence-electron chi connectivity index (χ0n) is 15.3. The summed E-state index contributed by atoms with van der Waals surface area (Å²) in [4.78, 5) is 15.8. The van der Waals surface area contributed by atoms with Gasteiger partial charge in [0.2, 0.25) is 11.8 Å². The number of hydrogen-bond acceptors (Lipinski definition) is 7. The average Bonchev–Trinajstić information content (AvgIpc) is 3.47. The molecule has 1 N–H and O–H groups in total. The van der Waals surface area contributed by atoms with Gasteiger partial charge in [-0.05, 0) is 29.8 Å². The Morgan fingerprint density at radius 3 is 2.77 bits per heavy atom. The summed E-state index contributed by atoms with van der Waals surface area (Å²) in [5.41, 5.74) is 4.43. The Balaban J connectivity index is 1.30. The van der Waals surface area contributed by atoms with E-state index < -0.39 is 12.3 Å². The van der Waals surface area contributed by atoms with Crippen LogP contribution in [0.15, 0.2) is 47.1 Å². The second-order valence-corrected chi connectivity index (χ2v) is 6.68. The first-order valence-electron chi connectivity index (χ1n) is 8.95. The second-order valence-electron chi connectivity index (χ2n) is 6.68. The lowest BCUT2D eigenvalue weighted by molar-refractivity contribution is -0.115. The summed E-state index contributed by atoms with van der Waals surface area (Å²) in [5.74, 6) is -0.765. The Morgan fingerprint density at radius 2 is 2.00 bits per heavy atom. The van der Waals surface area contributed by atoms with E-state index in [1.807, 2.05) is 18.2 Å². The molecule has 0 aliphatic carbocycles. The molecule has 0 spiro atoms. The third kappa shape index (κ3) is 3.41. The van der Waals surface area contributed by atoms with Crippen LogP contribution in [0.25, 0.3) is 22.7 Å². The number of carbonyl (C=O) groups is 1. The first kappa shape index (κ1) is 18.0. The minimum atomic E-state index is -2.82. The van der Waals surface area contributed by atoms with Gasteiger partial charge in [-0.1, -0.05) is 11.3 Å². The molecule has 4 heterocycles. The lowest BCUT2D eigenvalue weighted by atomic mass is 10.1. The molecule has 1 aromatic carbocycles. The van der Waals surface area contributed by atoms with Crippen LogP contribution in [0.4, 0.5) is 14.5 Å². The van der Waals surface area contributed by atoms with Gasteiger partial charge in [0.15, 0.2) is 0 Å². The number of amides is 1. The van der Waals surface area contributed by atoms with Crippen molar-refractivity contribution < 1.29 is 18.0 Å². The van der Waals surface area contributed by atoms with Crippen LogP contribution in [-0.4, -0.2) is 36.1 Å². The molecule has 1 amide bonds. The highest BCUT2D eigenvalue weighted by Gasteiger charge is 2.19. The van der Waals surface area contributed by atoms with E-state index in [2.05, 4.69) is 30.8 Å². The normalized spacial score (nSPS) is 13.0. The number of anilines is 1. The van der Waals surface area contributed by atoms with E-state index in [-0.39, 0.29) is 11.8 Å². The summed E-state index contributed by atoms with van der Waals surface area (Å²) in [7, 11) is 0. The monoisotopic (exact) mass is 409 g/mol. The van der Waals surface area contributed by atoms with Crippen molar-refractivity contribution in [2.75, 3.05) is 5.32 Å². The zero-order chi connectivity index (χ0) is 20.7. The SMILES string of the molecule is O=C1Cc2cc(-c3cn(Cc4ccc(-c5nnc(C(F)F)o5)cn4)nn3)ccc2N1. The van der Waals surface area contributed by atoms with Crippen molar-refractivity contribution in [3.8, 4) is 22.7 Å². The topological polar surface area (TPSA) is 112 Å². The standard InChI is InChI=1S/C19H13F2N7O2/c20-17(21)19-26-25-18(30-19)11-1-3-13(22-7-11)8-28-9-15(24-27-28)10-2-4-14-12(5-10)6-16(29)23-14/h1-5,7,9,17H,6,8H2,(H,23,29). The van der Waals surface area contributed by atoms with Gasteiger partial charge in [-0.2, -0.15) is 8.78 Å². The summed E-state index contributed by atoms with van der Waals surface area (Å²) < 4.78 is 31.7. The maximum Gasteiger partial charge on any atom is 0.314 e. The third-order valence-corrected chi connectivity index (χ3v) is 4.59. The molecule has 0 saturated carbocycles. The van der Waals surface area contributed by atoms with Crippen LogP contribution in [0.2, 0.25) is 0 Å². The summed E-state index contributed by atoms with van der Waals surface area (Å²) in [5, 5.41) is 18.0. The maximum absolute atomic E-state index is 12.6. The van der Waals surface area contributed by atoms with Gasteiger partial charge < -0.3 is 9.73 Å². The van der Waals surface area contributed by atoms with Crippen LogP contribution in [0.5, 0.6) is 0 Å². The van der Waals surface area contributed by atoms with E-state index >= 15 is 0 Å². The molecule has 30 heavy (non-hydrogen) atoms. The van der Waals surface area contributed by atoms with E-state index in [9.17, 15) is 13.6 Å². The summed E-state index contributed by atoms with van der Waals surface area (Å²) in [6.07, 6.45) is 0.795. The molecule has 0 radical (unpaired) electrons. The molecule has 9 nitrogen and oxygen atoms in total. The minimum Gasteiger partial charge on any atom is -0.415 e. The average molecular weight is 409 g/mol. The lowest BCUT2D eigenvalue weighted by Crippen LogP contribution is -2.03. The number of pyridine rings is 1. The quantitative estimate of drug-likeness (QED) is 0.539. The molecule has 0 unspecified atom stereocenters. The van der Waals surface area contributed by atoms with Crippen molar-refractivity contribution in [3.63, 3.8) is 0 Å². The van der Waals surface area contributed by atoms with Gasteiger partial charge in [0, 0.05) is 17.4 Å². The Morgan fingerprint density at radius 1 is 1.13 bits per heavy atom. The van der Waals surface area contributed by atoms with Crippen molar-refractivity contribution in [3.05, 3.63) is 59.9 Å². The summed E-state index contributed by atoms with van der Waals surface area (Å²) in [6, 6.07) is 9.03. The Hall–Kier alpha value is -4.02. The molecule has 5 rings (SSSR count). The number of rotatable bonds is 5. The number of halogens is 2. The fourth-order valence-electron chi connectivity index (χ4n) is 3.15. The lowest BCUT2D eigenvalue weighted by Gasteiger charge is -2.02. The zero-order valence-corrected chi connectivity index (χ0v) is 15.3. The van der Waals surface area contributed by atoms with Gasteiger partial charge in [-0.15, -0.1) is 15.3 Å². The predicted molar refractivity (Wildman–Crippen MR) is 99.4 cm³/mol. The Labute approximate surface area is 167 Å². The van der Waals surface area contributed by atoms with Gasteiger partial charge >= 0.3 is 6.43 Å². The molecule has 0 atom stereocenters. The highest BCUT2D eigenvalue weighted by atomic mass is 19.3. The third-order valence-electron chi connectivity index (χ3n) is 4.59. The molecular formula is C19H13F2N7O2. The van der Waals surface area contributed by atoms with Crippen LogP contribution >= 0.6 is 0 Å². The number of nitrogens with zero attached hydrogens (tertiary/aromatic N) is 6. The van der Waals surface area contributed by atoms with Crippen LogP contribution in [0.1, 0.15) is 23.6 Å². The van der Waals surface area contributed by atoms with E-state index in [1.54, 1.807) is 23.0 Å². The summed E-state index contributed by atoms with van der Waals surface area (Å²) in [6.45, 7) is 0.365. The van der Waals surface area contributed by atoms with Crippen molar-refractivity contribution in [2.45, 2.75) is 19.4 Å². The Kier molecular flexibility index (Phi) is 4.27. The molecule has 0 fully saturated rings. The summed E-state index contributed by atoms with van der Waals surface area (Å²) >= 11 is 0. The number of carbonyl (C=O) groups excluding carboxylic acids is 1. The van der Waals surface area contributed by atoms with Gasteiger partial charge in [0.25, 0.3) is 5.89 Å². The van der Waals surface area contributed by atoms with Gasteiger partial charge in [0.1, 0.15) is 5.69 Å². The fraction of sp³-hybridized carbons (Fsp3) is 0.158. The van der Waals surface area contributed by atoms with Crippen molar-refractivity contribution in [1.82, 2.24) is 30.2 Å². The highest BCUT2D eigenvalue weighted by molar-refractivity contribution is 5.99. The predicted octanol–water partition coefficient (Wildman–Crippen LogP) is 2.87. The molecular weight excluding hydrogens is 396 g/mol. The van der Waals surface area contributed by atoms with Gasteiger partial charge in [0.05, 0.1) is 30.4 Å². The molecule has 0 saturated heterocycles. The van der Waals surface area contributed by atoms with E-state index in [4.69, 9.17) is 4.42 Å². The smallest absolute Gasteiger partial charge is 0.314 e. The van der Waals surface area contributed by atoms with Crippen molar-refractivity contribution in [2.24, 2.45) is 0 Å². The van der Waals surface area contributed by atoms with Crippen molar-refractivity contribution in [1.29, 1.82) is 0 Å². The number of benzene rings is 1. The number of hydrogen-bond donors (Lipinski definition) is 1. The van der Waals surface area contributed by atoms with E-state index in [1.165, 1.54) is 6.20 Å². The van der Waals surface area contributed by atoms with Crippen LogP contribution in [0, 0.1) is 0 Å². The van der Waals surface area contributed by atoms with Gasteiger partial charge in [-0.3, -0.25) is 9.78 Å². The maximum atomic E-state index is 12.6.